The molecule has 1 heterocycles. The third-order valence-corrected chi connectivity index (χ3v) is 3.76. The molecule has 4 nitrogen and oxygen atoms in total. The molecule has 98 valence electrons. The summed E-state index contributed by atoms with van der Waals surface area (Å²) in [5.74, 6) is 0. The Morgan fingerprint density at radius 1 is 1.37 bits per heavy atom. The monoisotopic (exact) mass is 256 g/mol. The summed E-state index contributed by atoms with van der Waals surface area (Å²) in [6.45, 7) is 1.04. The number of fused-ring (bicyclic) bond motifs is 2. The third-order valence-electron chi connectivity index (χ3n) is 3.76. The van der Waals surface area contributed by atoms with E-state index in [9.17, 15) is 4.79 Å². The van der Waals surface area contributed by atoms with Crippen molar-refractivity contribution in [3.8, 4) is 0 Å². The van der Waals surface area contributed by atoms with Gasteiger partial charge in [0.1, 0.15) is 0 Å². The fourth-order valence-electron chi connectivity index (χ4n) is 2.86. The first-order chi connectivity index (χ1) is 9.20. The van der Waals surface area contributed by atoms with Gasteiger partial charge in [-0.3, -0.25) is 0 Å². The SMILES string of the molecule is CNc1c2c(cc3ccccc13)CN(C(=O)O)CC2. The molecule has 0 atom stereocenters. The second-order valence-corrected chi connectivity index (χ2v) is 4.81. The highest BCUT2D eigenvalue weighted by atomic mass is 16.4. The van der Waals surface area contributed by atoms with Gasteiger partial charge in [0.2, 0.25) is 0 Å². The van der Waals surface area contributed by atoms with Crippen LogP contribution in [0, 0.1) is 0 Å². The van der Waals surface area contributed by atoms with E-state index in [-0.39, 0.29) is 0 Å². The molecule has 2 aromatic carbocycles. The van der Waals surface area contributed by atoms with E-state index in [1.165, 1.54) is 15.8 Å². The van der Waals surface area contributed by atoms with Gasteiger partial charge in [0, 0.05) is 31.2 Å². The Labute approximate surface area is 111 Å². The van der Waals surface area contributed by atoms with Crippen molar-refractivity contribution in [2.24, 2.45) is 0 Å². The van der Waals surface area contributed by atoms with E-state index >= 15 is 0 Å². The van der Waals surface area contributed by atoms with Crippen LogP contribution in [0.2, 0.25) is 0 Å². The fourth-order valence-corrected chi connectivity index (χ4v) is 2.86. The molecule has 0 aliphatic carbocycles. The molecule has 1 aliphatic heterocycles. The minimum Gasteiger partial charge on any atom is -0.465 e. The second kappa shape index (κ2) is 4.46. The van der Waals surface area contributed by atoms with Crippen molar-refractivity contribution in [3.63, 3.8) is 0 Å². The molecule has 0 unspecified atom stereocenters. The number of nitrogens with zero attached hydrogens (tertiary/aromatic N) is 1. The highest BCUT2D eigenvalue weighted by molar-refractivity contribution is 5.96. The number of nitrogens with one attached hydrogen (secondary N) is 1. The summed E-state index contributed by atoms with van der Waals surface area (Å²) in [6, 6.07) is 10.3. The summed E-state index contributed by atoms with van der Waals surface area (Å²) in [6.07, 6.45) is -0.0763. The van der Waals surface area contributed by atoms with Crippen LogP contribution in [0.25, 0.3) is 10.8 Å². The van der Waals surface area contributed by atoms with E-state index in [0.29, 0.717) is 13.1 Å². The molecule has 0 spiro atoms. The molecule has 2 N–H and O–H groups in total. The first-order valence-electron chi connectivity index (χ1n) is 6.40. The van der Waals surface area contributed by atoms with Gasteiger partial charge >= 0.3 is 6.09 Å². The van der Waals surface area contributed by atoms with Gasteiger partial charge in [0.05, 0.1) is 0 Å². The average Bonchev–Trinajstić information content (AvgIpc) is 2.43. The minimum atomic E-state index is -0.843. The van der Waals surface area contributed by atoms with Crippen molar-refractivity contribution in [2.75, 3.05) is 18.9 Å². The maximum atomic E-state index is 11.1. The number of carboxylic acid groups (broad SMARTS) is 1. The standard InChI is InChI=1S/C15H16N2O2/c1-16-14-12-5-3-2-4-10(12)8-11-9-17(15(18)19)7-6-13(11)14/h2-5,8,16H,6-7,9H2,1H3,(H,18,19). The summed E-state index contributed by atoms with van der Waals surface area (Å²) in [5, 5.41) is 14.7. The summed E-state index contributed by atoms with van der Waals surface area (Å²) in [4.78, 5) is 12.6. The van der Waals surface area contributed by atoms with Crippen LogP contribution in [0.4, 0.5) is 10.5 Å². The lowest BCUT2D eigenvalue weighted by Crippen LogP contribution is -2.35. The van der Waals surface area contributed by atoms with Crippen LogP contribution in [0.5, 0.6) is 0 Å². The van der Waals surface area contributed by atoms with Gasteiger partial charge in [0.25, 0.3) is 0 Å². The lowest BCUT2D eigenvalue weighted by atomic mass is 9.93. The Balaban J connectivity index is 2.18. The van der Waals surface area contributed by atoms with E-state index in [0.717, 1.165) is 23.1 Å². The molecular weight excluding hydrogens is 240 g/mol. The van der Waals surface area contributed by atoms with Gasteiger partial charge in [-0.25, -0.2) is 4.79 Å². The van der Waals surface area contributed by atoms with E-state index in [4.69, 9.17) is 5.11 Å². The van der Waals surface area contributed by atoms with Gasteiger partial charge in [-0.05, 0) is 29.0 Å². The normalized spacial score (nSPS) is 14.3. The smallest absolute Gasteiger partial charge is 0.407 e. The van der Waals surface area contributed by atoms with Crippen molar-refractivity contribution in [1.29, 1.82) is 0 Å². The number of hydrogen-bond acceptors (Lipinski definition) is 2. The first-order valence-corrected chi connectivity index (χ1v) is 6.40. The predicted octanol–water partition coefficient (Wildman–Crippen LogP) is 2.92. The van der Waals surface area contributed by atoms with Gasteiger partial charge in [0.15, 0.2) is 0 Å². The number of hydrogen-bond donors (Lipinski definition) is 2. The fraction of sp³-hybridized carbons (Fsp3) is 0.267. The number of carbonyl (C=O) groups is 1. The number of anilines is 1. The molecular formula is C15H16N2O2. The molecule has 1 amide bonds. The molecule has 1 aliphatic rings. The van der Waals surface area contributed by atoms with Crippen molar-refractivity contribution in [2.45, 2.75) is 13.0 Å². The Morgan fingerprint density at radius 3 is 2.89 bits per heavy atom. The van der Waals surface area contributed by atoms with E-state index in [1.807, 2.05) is 19.2 Å². The van der Waals surface area contributed by atoms with Crippen molar-refractivity contribution < 1.29 is 9.90 Å². The van der Waals surface area contributed by atoms with E-state index in [1.54, 1.807) is 0 Å². The van der Waals surface area contributed by atoms with Gasteiger partial charge in [-0.2, -0.15) is 0 Å². The zero-order valence-electron chi connectivity index (χ0n) is 10.8. The number of rotatable bonds is 1. The topological polar surface area (TPSA) is 52.6 Å². The highest BCUT2D eigenvalue weighted by Gasteiger charge is 2.23. The van der Waals surface area contributed by atoms with Gasteiger partial charge in [-0.1, -0.05) is 24.3 Å². The van der Waals surface area contributed by atoms with E-state index < -0.39 is 6.09 Å². The lowest BCUT2D eigenvalue weighted by Gasteiger charge is -2.28. The molecule has 4 heteroatoms. The van der Waals surface area contributed by atoms with Gasteiger partial charge < -0.3 is 15.3 Å². The zero-order chi connectivity index (χ0) is 13.4. The van der Waals surface area contributed by atoms with Crippen LogP contribution >= 0.6 is 0 Å². The molecule has 0 fully saturated rings. The van der Waals surface area contributed by atoms with Crippen molar-refractivity contribution in [3.05, 3.63) is 41.5 Å². The second-order valence-electron chi connectivity index (χ2n) is 4.81. The Bertz CT molecular complexity index is 652. The minimum absolute atomic E-state index is 0.476. The maximum absolute atomic E-state index is 11.1. The number of amides is 1. The molecule has 0 bridgehead atoms. The van der Waals surface area contributed by atoms with Crippen molar-refractivity contribution in [1.82, 2.24) is 4.90 Å². The van der Waals surface area contributed by atoms with Crippen molar-refractivity contribution >= 4 is 22.6 Å². The first kappa shape index (κ1) is 11.8. The van der Waals surface area contributed by atoms with Crippen LogP contribution in [0.15, 0.2) is 30.3 Å². The van der Waals surface area contributed by atoms with Crippen LogP contribution in [0.1, 0.15) is 11.1 Å². The van der Waals surface area contributed by atoms with Crippen LogP contribution in [0.3, 0.4) is 0 Å². The summed E-state index contributed by atoms with van der Waals surface area (Å²) < 4.78 is 0. The molecule has 0 radical (unpaired) electrons. The molecule has 3 rings (SSSR count). The van der Waals surface area contributed by atoms with Crippen LogP contribution in [-0.4, -0.2) is 29.7 Å². The molecule has 19 heavy (non-hydrogen) atoms. The Kier molecular flexibility index (Phi) is 2.78. The Hall–Kier alpha value is -2.23. The van der Waals surface area contributed by atoms with Gasteiger partial charge in [-0.15, -0.1) is 0 Å². The van der Waals surface area contributed by atoms with E-state index in [2.05, 4.69) is 23.5 Å². The molecule has 0 aromatic heterocycles. The largest absolute Gasteiger partial charge is 0.465 e. The predicted molar refractivity (Wildman–Crippen MR) is 75.6 cm³/mol. The van der Waals surface area contributed by atoms with Crippen LogP contribution < -0.4 is 5.32 Å². The molecule has 2 aromatic rings. The molecule has 0 saturated carbocycles. The average molecular weight is 256 g/mol. The number of benzene rings is 2. The highest BCUT2D eigenvalue weighted by Crippen LogP contribution is 2.33. The maximum Gasteiger partial charge on any atom is 0.407 e. The van der Waals surface area contributed by atoms with Crippen LogP contribution in [-0.2, 0) is 13.0 Å². The molecule has 0 saturated heterocycles. The quantitative estimate of drug-likeness (QED) is 0.824. The third kappa shape index (κ3) is 1.89. The zero-order valence-corrected chi connectivity index (χ0v) is 10.8. The summed E-state index contributed by atoms with van der Waals surface area (Å²) in [5.41, 5.74) is 3.49. The Morgan fingerprint density at radius 2 is 2.16 bits per heavy atom. The summed E-state index contributed by atoms with van der Waals surface area (Å²) in [7, 11) is 1.92. The lowest BCUT2D eigenvalue weighted by molar-refractivity contribution is 0.140. The summed E-state index contributed by atoms with van der Waals surface area (Å²) >= 11 is 0.